The maximum absolute atomic E-state index is 13.7. The summed E-state index contributed by atoms with van der Waals surface area (Å²) in [6, 6.07) is 3.67. The molecule has 0 saturated carbocycles. The van der Waals surface area contributed by atoms with Crippen molar-refractivity contribution in [1.82, 2.24) is 19.8 Å². The van der Waals surface area contributed by atoms with Crippen molar-refractivity contribution in [2.24, 2.45) is 5.92 Å². The standard InChI is InChI=1S/C26H42N4O9S/c1-17-11-20-21(12-18(17)2)30(26(32)24(28-20)25(31)27-9-10-29(4)5)13-22(37-15-35-6)19(3)23(38-16-36-7)14-39-40(8,33)34/h11-12,19,22-23H,9-10,13-16H2,1-8H3,(H,27,31)/t19-,22-,23+/m0/s1. The molecule has 0 unspecified atom stereocenters. The molecule has 0 aliphatic heterocycles. The molecule has 40 heavy (non-hydrogen) atoms. The maximum Gasteiger partial charge on any atom is 0.282 e. The molecule has 0 radical (unpaired) electrons. The number of rotatable bonds is 17. The normalized spacial score (nSPS) is 14.4. The van der Waals surface area contributed by atoms with Gasteiger partial charge in [-0.2, -0.15) is 8.42 Å². The zero-order chi connectivity index (χ0) is 30.0. The number of carbonyl (C=O) groups excluding carboxylic acids is 1. The van der Waals surface area contributed by atoms with Crippen LogP contribution in [0.4, 0.5) is 0 Å². The summed E-state index contributed by atoms with van der Waals surface area (Å²) in [6.45, 7) is 6.04. The molecule has 1 heterocycles. The number of methoxy groups -OCH3 is 2. The van der Waals surface area contributed by atoms with E-state index in [9.17, 15) is 18.0 Å². The van der Waals surface area contributed by atoms with Gasteiger partial charge in [0.15, 0.2) is 5.69 Å². The van der Waals surface area contributed by atoms with Crippen molar-refractivity contribution < 1.29 is 36.3 Å². The van der Waals surface area contributed by atoms with Crippen LogP contribution in [0.2, 0.25) is 0 Å². The number of nitrogens with zero attached hydrogens (tertiary/aromatic N) is 3. The van der Waals surface area contributed by atoms with E-state index in [2.05, 4.69) is 10.3 Å². The molecule has 2 rings (SSSR count). The van der Waals surface area contributed by atoms with E-state index in [1.807, 2.05) is 45.0 Å². The molecule has 0 bridgehead atoms. The first kappa shape index (κ1) is 33.7. The lowest BCUT2D eigenvalue weighted by atomic mass is 9.97. The summed E-state index contributed by atoms with van der Waals surface area (Å²) in [5, 5.41) is 2.76. The van der Waals surface area contributed by atoms with Gasteiger partial charge in [-0.1, -0.05) is 6.92 Å². The van der Waals surface area contributed by atoms with Gasteiger partial charge in [-0.25, -0.2) is 4.98 Å². The Labute approximate surface area is 235 Å². The van der Waals surface area contributed by atoms with Gasteiger partial charge >= 0.3 is 0 Å². The largest absolute Gasteiger partial charge is 0.359 e. The van der Waals surface area contributed by atoms with Gasteiger partial charge < -0.3 is 33.7 Å². The monoisotopic (exact) mass is 586 g/mol. The number of hydrogen-bond donors (Lipinski definition) is 1. The zero-order valence-electron chi connectivity index (χ0n) is 24.6. The Morgan fingerprint density at radius 1 is 1.07 bits per heavy atom. The summed E-state index contributed by atoms with van der Waals surface area (Å²) in [5.41, 5.74) is 2.08. The van der Waals surface area contributed by atoms with E-state index in [4.69, 9.17) is 23.1 Å². The summed E-state index contributed by atoms with van der Waals surface area (Å²) < 4.78 is 51.7. The summed E-state index contributed by atoms with van der Waals surface area (Å²) in [7, 11) is 2.91. The fraction of sp³-hybridized carbons (Fsp3) is 0.654. The number of likely N-dealkylation sites (N-methyl/N-ethyl adjacent to an activating group) is 1. The molecule has 0 aliphatic carbocycles. The molecule has 14 heteroatoms. The van der Waals surface area contributed by atoms with Crippen LogP contribution >= 0.6 is 0 Å². The van der Waals surface area contributed by atoms with Crippen molar-refractivity contribution >= 4 is 27.1 Å². The van der Waals surface area contributed by atoms with E-state index < -0.39 is 39.7 Å². The van der Waals surface area contributed by atoms with E-state index in [0.717, 1.165) is 17.4 Å². The molecule has 1 aromatic carbocycles. The third-order valence-corrected chi connectivity index (χ3v) is 6.97. The molecule has 1 N–H and O–H groups in total. The summed E-state index contributed by atoms with van der Waals surface area (Å²) in [6.07, 6.45) is -0.556. The van der Waals surface area contributed by atoms with Crippen LogP contribution in [0.5, 0.6) is 0 Å². The van der Waals surface area contributed by atoms with E-state index in [0.29, 0.717) is 24.1 Å². The minimum absolute atomic E-state index is 0.00538. The van der Waals surface area contributed by atoms with Crippen LogP contribution in [0.25, 0.3) is 11.0 Å². The topological polar surface area (TPSA) is 148 Å². The molecule has 0 aliphatic rings. The predicted molar refractivity (Wildman–Crippen MR) is 150 cm³/mol. The van der Waals surface area contributed by atoms with Crippen molar-refractivity contribution in [2.75, 3.05) is 67.9 Å². The average Bonchev–Trinajstić information content (AvgIpc) is 2.87. The number of nitrogens with one attached hydrogen (secondary N) is 1. The van der Waals surface area contributed by atoms with Gasteiger partial charge in [0.05, 0.1) is 42.6 Å². The highest BCUT2D eigenvalue weighted by Gasteiger charge is 2.31. The molecule has 1 amide bonds. The smallest absolute Gasteiger partial charge is 0.282 e. The second-order valence-corrected chi connectivity index (χ2v) is 11.6. The van der Waals surface area contributed by atoms with Crippen LogP contribution in [-0.4, -0.2) is 109 Å². The van der Waals surface area contributed by atoms with Crippen LogP contribution in [0, 0.1) is 19.8 Å². The summed E-state index contributed by atoms with van der Waals surface area (Å²) >= 11 is 0. The highest BCUT2D eigenvalue weighted by atomic mass is 32.2. The molecular formula is C26H42N4O9S. The molecule has 2 aromatic rings. The van der Waals surface area contributed by atoms with Gasteiger partial charge in [-0.15, -0.1) is 0 Å². The number of carbonyl (C=O) groups is 1. The maximum atomic E-state index is 13.7. The second-order valence-electron chi connectivity index (χ2n) is 9.93. The quantitative estimate of drug-likeness (QED) is 0.208. The van der Waals surface area contributed by atoms with Crippen molar-refractivity contribution in [2.45, 2.75) is 39.5 Å². The van der Waals surface area contributed by atoms with Crippen LogP contribution < -0.4 is 10.9 Å². The third kappa shape index (κ3) is 9.87. The van der Waals surface area contributed by atoms with Crippen LogP contribution in [0.15, 0.2) is 16.9 Å². The van der Waals surface area contributed by atoms with E-state index in [1.54, 1.807) is 6.92 Å². The number of ether oxygens (including phenoxy) is 4. The summed E-state index contributed by atoms with van der Waals surface area (Å²) in [5.74, 6) is -1.09. The highest BCUT2D eigenvalue weighted by Crippen LogP contribution is 2.22. The molecule has 0 spiro atoms. The fourth-order valence-electron chi connectivity index (χ4n) is 3.95. The van der Waals surface area contributed by atoms with Crippen LogP contribution in [0.3, 0.4) is 0 Å². The minimum Gasteiger partial charge on any atom is -0.359 e. The lowest BCUT2D eigenvalue weighted by Gasteiger charge is -2.31. The first-order valence-corrected chi connectivity index (χ1v) is 14.6. The van der Waals surface area contributed by atoms with Gasteiger partial charge in [0.25, 0.3) is 21.6 Å². The van der Waals surface area contributed by atoms with Gasteiger partial charge in [0, 0.05) is 33.2 Å². The zero-order valence-corrected chi connectivity index (χ0v) is 25.4. The van der Waals surface area contributed by atoms with E-state index in [1.165, 1.54) is 18.8 Å². The predicted octanol–water partition coefficient (Wildman–Crippen LogP) is 0.895. The minimum atomic E-state index is -3.75. The molecule has 0 saturated heterocycles. The second kappa shape index (κ2) is 15.5. The fourth-order valence-corrected chi connectivity index (χ4v) is 4.33. The molecular weight excluding hydrogens is 544 g/mol. The number of aromatic nitrogens is 2. The Bertz CT molecular complexity index is 1300. The lowest BCUT2D eigenvalue weighted by molar-refractivity contribution is -0.149. The molecule has 13 nitrogen and oxygen atoms in total. The van der Waals surface area contributed by atoms with Gasteiger partial charge in [-0.3, -0.25) is 13.8 Å². The highest BCUT2D eigenvalue weighted by molar-refractivity contribution is 7.85. The first-order valence-electron chi connectivity index (χ1n) is 12.8. The van der Waals surface area contributed by atoms with E-state index >= 15 is 0 Å². The number of benzene rings is 1. The third-order valence-electron chi connectivity index (χ3n) is 6.40. The SMILES string of the molecule is COCO[C@@H](Cn1c(=O)c(C(=O)NCCN(C)C)nc2cc(C)c(C)cc21)[C@H](C)[C@@H](COS(C)(=O)=O)OCOC. The van der Waals surface area contributed by atoms with Gasteiger partial charge in [0.2, 0.25) is 0 Å². The number of amides is 1. The molecule has 1 aromatic heterocycles. The Balaban J connectivity index is 2.57. The lowest BCUT2D eigenvalue weighted by Crippen LogP contribution is -2.43. The van der Waals surface area contributed by atoms with Crippen LogP contribution in [0.1, 0.15) is 28.5 Å². The first-order chi connectivity index (χ1) is 18.8. The molecule has 226 valence electrons. The molecule has 3 atom stereocenters. The van der Waals surface area contributed by atoms with Crippen molar-refractivity contribution in [3.8, 4) is 0 Å². The molecule has 0 fully saturated rings. The Morgan fingerprint density at radius 3 is 2.25 bits per heavy atom. The van der Waals surface area contributed by atoms with Crippen molar-refractivity contribution in [1.29, 1.82) is 0 Å². The van der Waals surface area contributed by atoms with Crippen LogP contribution in [-0.2, 0) is 39.8 Å². The van der Waals surface area contributed by atoms with E-state index in [-0.39, 0.29) is 32.4 Å². The Hall–Kier alpha value is -2.46. The Kier molecular flexibility index (Phi) is 13.1. The summed E-state index contributed by atoms with van der Waals surface area (Å²) in [4.78, 5) is 33.1. The van der Waals surface area contributed by atoms with Crippen molar-refractivity contribution in [3.63, 3.8) is 0 Å². The average molecular weight is 587 g/mol. The van der Waals surface area contributed by atoms with Gasteiger partial charge in [-0.05, 0) is 51.2 Å². The number of fused-ring (bicyclic) bond motifs is 1. The number of aryl methyl sites for hydroxylation is 2. The van der Waals surface area contributed by atoms with Crippen molar-refractivity contribution in [3.05, 3.63) is 39.3 Å². The number of hydrogen-bond acceptors (Lipinski definition) is 11. The van der Waals surface area contributed by atoms with Gasteiger partial charge in [0.1, 0.15) is 13.6 Å². The Morgan fingerprint density at radius 2 is 1.68 bits per heavy atom.